The fraction of sp³-hybridized carbons (Fsp3) is 0.556. The summed E-state index contributed by atoms with van der Waals surface area (Å²) in [5.41, 5.74) is 0.905. The molecule has 70 valence electrons. The molecule has 1 aromatic rings. The summed E-state index contributed by atoms with van der Waals surface area (Å²) in [6.07, 6.45) is 3.60. The van der Waals surface area contributed by atoms with Gasteiger partial charge in [0.05, 0.1) is 17.9 Å². The second kappa shape index (κ2) is 2.58. The maximum Gasteiger partial charge on any atom is 0.307 e. The Labute approximate surface area is 76.2 Å². The van der Waals surface area contributed by atoms with Gasteiger partial charge in [-0.25, -0.2) is 4.98 Å². The SMILES string of the molecule is C[C@H]1[C@H](C(=O)O)[C@H]1c1cn(C)cn1. The van der Waals surface area contributed by atoms with Gasteiger partial charge in [0.15, 0.2) is 0 Å². The lowest BCUT2D eigenvalue weighted by Gasteiger charge is -1.89. The van der Waals surface area contributed by atoms with Crippen molar-refractivity contribution in [1.29, 1.82) is 0 Å². The lowest BCUT2D eigenvalue weighted by molar-refractivity contribution is -0.138. The quantitative estimate of drug-likeness (QED) is 0.734. The molecule has 1 aromatic heterocycles. The summed E-state index contributed by atoms with van der Waals surface area (Å²) in [5.74, 6) is -0.579. The molecule has 1 saturated carbocycles. The Balaban J connectivity index is 2.17. The van der Waals surface area contributed by atoms with Crippen LogP contribution in [0.25, 0.3) is 0 Å². The molecule has 13 heavy (non-hydrogen) atoms. The van der Waals surface area contributed by atoms with Gasteiger partial charge in [0.2, 0.25) is 0 Å². The first kappa shape index (κ1) is 8.29. The van der Waals surface area contributed by atoms with E-state index in [9.17, 15) is 4.79 Å². The van der Waals surface area contributed by atoms with Gasteiger partial charge >= 0.3 is 5.97 Å². The van der Waals surface area contributed by atoms with Gasteiger partial charge in [0.1, 0.15) is 0 Å². The second-order valence-electron chi connectivity index (χ2n) is 3.71. The molecular weight excluding hydrogens is 168 g/mol. The molecule has 4 heteroatoms. The van der Waals surface area contributed by atoms with E-state index < -0.39 is 5.97 Å². The minimum Gasteiger partial charge on any atom is -0.481 e. The van der Waals surface area contributed by atoms with Crippen molar-refractivity contribution in [2.75, 3.05) is 0 Å². The van der Waals surface area contributed by atoms with Crippen molar-refractivity contribution in [3.8, 4) is 0 Å². The molecule has 1 heterocycles. The fourth-order valence-electron chi connectivity index (χ4n) is 1.90. The van der Waals surface area contributed by atoms with Crippen molar-refractivity contribution in [1.82, 2.24) is 9.55 Å². The van der Waals surface area contributed by atoms with E-state index in [1.165, 1.54) is 0 Å². The summed E-state index contributed by atoms with van der Waals surface area (Å²) in [6.45, 7) is 1.96. The Morgan fingerprint density at radius 1 is 1.69 bits per heavy atom. The van der Waals surface area contributed by atoms with E-state index in [1.54, 1.807) is 6.33 Å². The number of aryl methyl sites for hydroxylation is 1. The maximum atomic E-state index is 10.7. The number of carbonyl (C=O) groups is 1. The van der Waals surface area contributed by atoms with Crippen molar-refractivity contribution in [2.24, 2.45) is 18.9 Å². The minimum atomic E-state index is -0.705. The summed E-state index contributed by atoms with van der Waals surface area (Å²) in [6, 6.07) is 0. The van der Waals surface area contributed by atoms with Crippen LogP contribution in [0.1, 0.15) is 18.5 Å². The number of aliphatic carboxylic acids is 1. The first-order valence-electron chi connectivity index (χ1n) is 4.32. The Kier molecular flexibility index (Phi) is 1.65. The second-order valence-corrected chi connectivity index (χ2v) is 3.71. The molecule has 0 bridgehead atoms. The highest BCUT2D eigenvalue weighted by molar-refractivity contribution is 5.75. The molecule has 2 rings (SSSR count). The summed E-state index contributed by atoms with van der Waals surface area (Å²) < 4.78 is 1.85. The number of hydrogen-bond donors (Lipinski definition) is 1. The number of nitrogens with zero attached hydrogens (tertiary/aromatic N) is 2. The standard InChI is InChI=1S/C9H12N2O2/c1-5-7(8(5)9(12)13)6-3-11(2)4-10-6/h3-5,7-8H,1-2H3,(H,12,13)/t5-,7-,8+/m1/s1. The maximum absolute atomic E-state index is 10.7. The molecule has 1 aliphatic rings. The zero-order valence-corrected chi connectivity index (χ0v) is 7.64. The van der Waals surface area contributed by atoms with Crippen molar-refractivity contribution >= 4 is 5.97 Å². The van der Waals surface area contributed by atoms with Crippen LogP contribution < -0.4 is 0 Å². The van der Waals surface area contributed by atoms with Crippen LogP contribution in [0.4, 0.5) is 0 Å². The van der Waals surface area contributed by atoms with E-state index in [0.717, 1.165) is 5.69 Å². The first-order chi connectivity index (χ1) is 6.11. The van der Waals surface area contributed by atoms with Crippen LogP contribution in [-0.4, -0.2) is 20.6 Å². The van der Waals surface area contributed by atoms with E-state index >= 15 is 0 Å². The average Bonchev–Trinajstić information content (AvgIpc) is 2.51. The van der Waals surface area contributed by atoms with Gasteiger partial charge in [-0.1, -0.05) is 6.92 Å². The number of hydrogen-bond acceptors (Lipinski definition) is 2. The van der Waals surface area contributed by atoms with Gasteiger partial charge in [0, 0.05) is 19.2 Å². The summed E-state index contributed by atoms with van der Waals surface area (Å²) in [4.78, 5) is 14.9. The predicted molar refractivity (Wildman–Crippen MR) is 46.2 cm³/mol. The molecule has 0 unspecified atom stereocenters. The van der Waals surface area contributed by atoms with E-state index in [1.807, 2.05) is 24.7 Å². The van der Waals surface area contributed by atoms with Crippen molar-refractivity contribution in [2.45, 2.75) is 12.8 Å². The van der Waals surface area contributed by atoms with Crippen LogP contribution in [0.5, 0.6) is 0 Å². The van der Waals surface area contributed by atoms with Gasteiger partial charge in [-0.3, -0.25) is 4.79 Å². The lowest BCUT2D eigenvalue weighted by Crippen LogP contribution is -1.99. The molecule has 0 aliphatic heterocycles. The third-order valence-electron chi connectivity index (χ3n) is 2.73. The Bertz CT molecular complexity index is 345. The highest BCUT2D eigenvalue weighted by Gasteiger charge is 2.53. The number of carboxylic acid groups (broad SMARTS) is 1. The van der Waals surface area contributed by atoms with Crippen molar-refractivity contribution < 1.29 is 9.90 Å². The molecule has 1 aliphatic carbocycles. The third-order valence-corrected chi connectivity index (χ3v) is 2.73. The molecule has 4 nitrogen and oxygen atoms in total. The zero-order valence-electron chi connectivity index (χ0n) is 7.64. The zero-order chi connectivity index (χ0) is 9.59. The third kappa shape index (κ3) is 1.22. The summed E-state index contributed by atoms with van der Waals surface area (Å²) in [7, 11) is 1.89. The van der Waals surface area contributed by atoms with Gasteiger partial charge in [-0.05, 0) is 5.92 Å². The normalized spacial score (nSPS) is 31.7. The monoisotopic (exact) mass is 180 g/mol. The highest BCUT2D eigenvalue weighted by atomic mass is 16.4. The van der Waals surface area contributed by atoms with Crippen LogP contribution in [0.15, 0.2) is 12.5 Å². The minimum absolute atomic E-state index is 0.124. The number of imidazole rings is 1. The predicted octanol–water partition coefficient (Wildman–Crippen LogP) is 0.854. The number of aromatic nitrogens is 2. The van der Waals surface area contributed by atoms with Crippen LogP contribution >= 0.6 is 0 Å². The van der Waals surface area contributed by atoms with E-state index in [0.29, 0.717) is 0 Å². The van der Waals surface area contributed by atoms with Crippen molar-refractivity contribution in [3.63, 3.8) is 0 Å². The largest absolute Gasteiger partial charge is 0.481 e. The Morgan fingerprint density at radius 2 is 2.38 bits per heavy atom. The van der Waals surface area contributed by atoms with Gasteiger partial charge in [0.25, 0.3) is 0 Å². The topological polar surface area (TPSA) is 55.1 Å². The summed E-state index contributed by atoms with van der Waals surface area (Å²) in [5, 5.41) is 8.83. The number of carboxylic acids is 1. The Hall–Kier alpha value is -1.32. The van der Waals surface area contributed by atoms with Gasteiger partial charge in [-0.15, -0.1) is 0 Å². The van der Waals surface area contributed by atoms with Crippen molar-refractivity contribution in [3.05, 3.63) is 18.2 Å². The molecule has 3 atom stereocenters. The molecule has 0 amide bonds. The van der Waals surface area contributed by atoms with Crippen LogP contribution in [0.2, 0.25) is 0 Å². The first-order valence-corrected chi connectivity index (χ1v) is 4.32. The molecule has 1 fully saturated rings. The highest BCUT2D eigenvalue weighted by Crippen LogP contribution is 2.53. The molecule has 0 spiro atoms. The van der Waals surface area contributed by atoms with Crippen LogP contribution in [0.3, 0.4) is 0 Å². The van der Waals surface area contributed by atoms with E-state index in [4.69, 9.17) is 5.11 Å². The van der Waals surface area contributed by atoms with Gasteiger partial charge < -0.3 is 9.67 Å². The van der Waals surface area contributed by atoms with E-state index in [-0.39, 0.29) is 17.8 Å². The summed E-state index contributed by atoms with van der Waals surface area (Å²) >= 11 is 0. The van der Waals surface area contributed by atoms with Gasteiger partial charge in [-0.2, -0.15) is 0 Å². The molecule has 0 aromatic carbocycles. The average molecular weight is 180 g/mol. The smallest absolute Gasteiger partial charge is 0.307 e. The lowest BCUT2D eigenvalue weighted by atomic mass is 10.2. The molecule has 1 N–H and O–H groups in total. The molecule has 0 saturated heterocycles. The molecular formula is C9H12N2O2. The van der Waals surface area contributed by atoms with Crippen LogP contribution in [-0.2, 0) is 11.8 Å². The Morgan fingerprint density at radius 3 is 2.77 bits per heavy atom. The molecule has 0 radical (unpaired) electrons. The van der Waals surface area contributed by atoms with E-state index in [2.05, 4.69) is 4.98 Å². The number of rotatable bonds is 2. The van der Waals surface area contributed by atoms with Crippen LogP contribution in [0, 0.1) is 11.8 Å². The fourth-order valence-corrected chi connectivity index (χ4v) is 1.90.